The minimum absolute atomic E-state index is 0.0161. The maximum Gasteiger partial charge on any atom is 0.195 e. The van der Waals surface area contributed by atoms with Crippen LogP contribution in [0.4, 0.5) is 30.7 Å². The number of halogens is 11. The third-order valence-electron chi connectivity index (χ3n) is 6.84. The predicted octanol–water partition coefficient (Wildman–Crippen LogP) is 10.9. The van der Waals surface area contributed by atoms with E-state index in [4.69, 9.17) is 34.8 Å². The molecule has 0 saturated heterocycles. The van der Waals surface area contributed by atoms with Crippen LogP contribution in [-0.2, 0) is 5.41 Å². The molecule has 0 saturated carbocycles. The van der Waals surface area contributed by atoms with Gasteiger partial charge in [-0.3, -0.25) is 0 Å². The van der Waals surface area contributed by atoms with Gasteiger partial charge in [0.05, 0.1) is 25.9 Å². The third kappa shape index (κ3) is 4.60. The Balaban J connectivity index is 2.05. The summed E-state index contributed by atoms with van der Waals surface area (Å²) in [5, 5.41) is -1.17. The normalized spacial score (nSPS) is 19.2. The van der Waals surface area contributed by atoms with Crippen LogP contribution in [0.15, 0.2) is 83.7 Å². The molecule has 2 unspecified atom stereocenters. The Kier molecular flexibility index (Phi) is 8.07. The van der Waals surface area contributed by atoms with E-state index in [1.165, 1.54) is 48.5 Å². The van der Waals surface area contributed by atoms with Gasteiger partial charge in [-0.2, -0.15) is 0 Å². The Bertz CT molecular complexity index is 1770. The molecule has 0 aliphatic heterocycles. The summed E-state index contributed by atoms with van der Waals surface area (Å²) in [7, 11) is 0. The van der Waals surface area contributed by atoms with Crippen LogP contribution in [0.1, 0.15) is 22.3 Å². The first-order valence-electron chi connectivity index (χ1n) is 11.7. The lowest BCUT2D eigenvalue weighted by molar-refractivity contribution is 0.427. The Labute approximate surface area is 252 Å². The topological polar surface area (TPSA) is 0 Å². The molecule has 0 radical (unpaired) electrons. The van der Waals surface area contributed by atoms with E-state index in [9.17, 15) is 8.78 Å². The zero-order valence-corrected chi connectivity index (χ0v) is 24.0. The molecule has 4 aromatic rings. The van der Waals surface area contributed by atoms with Gasteiger partial charge in [0.2, 0.25) is 0 Å². The molecule has 0 spiro atoms. The smallest absolute Gasteiger partial charge is 0.195 e. The highest BCUT2D eigenvalue weighted by Crippen LogP contribution is 2.60. The van der Waals surface area contributed by atoms with Crippen LogP contribution < -0.4 is 0 Å². The van der Waals surface area contributed by atoms with Crippen molar-refractivity contribution >= 4 is 61.9 Å². The molecule has 1 aliphatic rings. The second kappa shape index (κ2) is 11.1. The van der Waals surface area contributed by atoms with Gasteiger partial charge in [0, 0.05) is 27.8 Å². The van der Waals surface area contributed by atoms with Gasteiger partial charge in [0.1, 0.15) is 23.3 Å². The molecule has 0 fully saturated rings. The van der Waals surface area contributed by atoms with E-state index in [1.807, 2.05) is 0 Å². The second-order valence-electron chi connectivity index (χ2n) is 9.02. The van der Waals surface area contributed by atoms with Crippen LogP contribution in [0.2, 0.25) is 10.0 Å². The Hall–Kier alpha value is -2.78. The fraction of sp³-hybridized carbons (Fsp3) is 0.0667. The summed E-state index contributed by atoms with van der Waals surface area (Å²) in [6.45, 7) is 0. The largest absolute Gasteiger partial charge is 0.210 e. The summed E-state index contributed by atoms with van der Waals surface area (Å²) in [4.78, 5) is -1.48. The van der Waals surface area contributed by atoms with Crippen molar-refractivity contribution in [2.24, 2.45) is 0 Å². The van der Waals surface area contributed by atoms with Crippen molar-refractivity contribution in [3.63, 3.8) is 0 Å². The molecule has 5 rings (SSSR count). The Morgan fingerprint density at radius 1 is 0.659 bits per heavy atom. The molecule has 0 heterocycles. The monoisotopic (exact) mass is 690 g/mol. The highest BCUT2D eigenvalue weighted by atomic mass is 79.9. The van der Waals surface area contributed by atoms with Crippen LogP contribution in [0.5, 0.6) is 0 Å². The molecule has 2 atom stereocenters. The van der Waals surface area contributed by atoms with E-state index in [2.05, 4.69) is 15.9 Å². The molecule has 0 amide bonds. The summed E-state index contributed by atoms with van der Waals surface area (Å²) in [6, 6.07) is 14.4. The minimum atomic E-state index is -2.38. The first kappa shape index (κ1) is 29.7. The minimum Gasteiger partial charge on any atom is -0.210 e. The Morgan fingerprint density at radius 2 is 1.34 bits per heavy atom. The SMILES string of the molecule is FC1=C(c2c(F)cc(F)c(F)c2F)C(Cl)=C(c2cccc(Cl)c2F)C(Br)C1(c1ccccc1)c1cc(Cl)ccc1F. The van der Waals surface area contributed by atoms with Crippen molar-refractivity contribution in [1.82, 2.24) is 0 Å². The lowest BCUT2D eigenvalue weighted by Crippen LogP contribution is -2.43. The molecule has 210 valence electrons. The number of hydrogen-bond donors (Lipinski definition) is 0. The molecule has 4 aromatic carbocycles. The molecule has 11 heteroatoms. The fourth-order valence-electron chi connectivity index (χ4n) is 5.03. The van der Waals surface area contributed by atoms with Gasteiger partial charge >= 0.3 is 0 Å². The van der Waals surface area contributed by atoms with E-state index >= 15 is 22.0 Å². The van der Waals surface area contributed by atoms with E-state index in [1.54, 1.807) is 6.07 Å². The Morgan fingerprint density at radius 3 is 2.02 bits per heavy atom. The van der Waals surface area contributed by atoms with Gasteiger partial charge in [-0.15, -0.1) is 0 Å². The first-order chi connectivity index (χ1) is 19.4. The summed E-state index contributed by atoms with van der Waals surface area (Å²) in [5.41, 5.74) is -5.90. The van der Waals surface area contributed by atoms with Crippen molar-refractivity contribution < 1.29 is 30.7 Å². The molecule has 0 aromatic heterocycles. The van der Waals surface area contributed by atoms with Crippen molar-refractivity contribution in [3.05, 3.63) is 151 Å². The van der Waals surface area contributed by atoms with E-state index < -0.39 is 72.7 Å². The van der Waals surface area contributed by atoms with Crippen LogP contribution in [0.3, 0.4) is 0 Å². The number of rotatable bonds is 4. The van der Waals surface area contributed by atoms with Crippen molar-refractivity contribution in [3.8, 4) is 0 Å². The molecule has 0 nitrogen and oxygen atoms in total. The number of allylic oxidation sites excluding steroid dienone is 4. The maximum atomic E-state index is 17.4. The summed E-state index contributed by atoms with van der Waals surface area (Å²) >= 11 is 22.2. The zero-order chi connectivity index (χ0) is 29.8. The van der Waals surface area contributed by atoms with Crippen LogP contribution >= 0.6 is 50.7 Å². The zero-order valence-electron chi connectivity index (χ0n) is 20.2. The van der Waals surface area contributed by atoms with Gasteiger partial charge in [-0.25, -0.2) is 30.7 Å². The highest BCUT2D eigenvalue weighted by Gasteiger charge is 2.54. The van der Waals surface area contributed by atoms with Gasteiger partial charge in [-0.1, -0.05) is 93.2 Å². The van der Waals surface area contributed by atoms with E-state index in [0.717, 1.165) is 12.1 Å². The van der Waals surface area contributed by atoms with Gasteiger partial charge < -0.3 is 0 Å². The van der Waals surface area contributed by atoms with Gasteiger partial charge in [0.25, 0.3) is 0 Å². The summed E-state index contributed by atoms with van der Waals surface area (Å²) in [6.07, 6.45) is 0. The van der Waals surface area contributed by atoms with E-state index in [-0.39, 0.29) is 32.8 Å². The van der Waals surface area contributed by atoms with Crippen molar-refractivity contribution in [2.75, 3.05) is 0 Å². The maximum absolute atomic E-state index is 17.4. The molecule has 41 heavy (non-hydrogen) atoms. The van der Waals surface area contributed by atoms with Crippen LogP contribution in [-0.4, -0.2) is 4.83 Å². The molecular formula is C30H13BrCl3F7. The lowest BCUT2D eigenvalue weighted by atomic mass is 9.64. The second-order valence-corrected chi connectivity index (χ2v) is 11.2. The highest BCUT2D eigenvalue weighted by molar-refractivity contribution is 9.09. The van der Waals surface area contributed by atoms with Gasteiger partial charge in [0.15, 0.2) is 17.5 Å². The fourth-order valence-corrected chi connectivity index (χ4v) is 7.09. The molecule has 0 N–H and O–H groups in total. The predicted molar refractivity (Wildman–Crippen MR) is 150 cm³/mol. The van der Waals surface area contributed by atoms with Crippen molar-refractivity contribution in [2.45, 2.75) is 10.2 Å². The summed E-state index contributed by atoms with van der Waals surface area (Å²) < 4.78 is 108. The quantitative estimate of drug-likeness (QED) is 0.0865. The third-order valence-corrected chi connectivity index (χ3v) is 8.91. The van der Waals surface area contributed by atoms with Crippen molar-refractivity contribution in [1.29, 1.82) is 0 Å². The number of benzene rings is 4. The number of alkyl halides is 1. The lowest BCUT2D eigenvalue weighted by Gasteiger charge is -2.43. The molecule has 0 bridgehead atoms. The number of hydrogen-bond acceptors (Lipinski definition) is 0. The summed E-state index contributed by atoms with van der Waals surface area (Å²) in [5.74, 6) is -11.3. The average Bonchev–Trinajstić information content (AvgIpc) is 2.94. The molecular weight excluding hydrogens is 680 g/mol. The first-order valence-corrected chi connectivity index (χ1v) is 13.7. The van der Waals surface area contributed by atoms with Crippen LogP contribution in [0, 0.1) is 34.9 Å². The van der Waals surface area contributed by atoms with E-state index in [0.29, 0.717) is 0 Å². The van der Waals surface area contributed by atoms with Crippen LogP contribution in [0.25, 0.3) is 11.1 Å². The van der Waals surface area contributed by atoms with Gasteiger partial charge in [-0.05, 0) is 35.4 Å². The average molecular weight is 693 g/mol. The standard InChI is InChI=1S/C30H13BrCl3F7/c31-28-21(15-7-4-8-17(33)25(15)38)24(34)23(22-19(36)12-20(37)26(39)27(22)40)29(41)30(28,13-5-2-1-3-6-13)16-11-14(32)9-10-18(16)35/h1-12,28H. The molecule has 1 aliphatic carbocycles.